The molecule has 120 valence electrons. The van der Waals surface area contributed by atoms with E-state index in [9.17, 15) is 9.59 Å². The number of aryl methyl sites for hydroxylation is 1. The van der Waals surface area contributed by atoms with Crippen molar-refractivity contribution in [2.24, 2.45) is 0 Å². The minimum Gasteiger partial charge on any atom is -0.375 e. The van der Waals surface area contributed by atoms with Crippen LogP contribution in [-0.2, 0) is 16.1 Å². The molecule has 2 amide bonds. The second-order valence-electron chi connectivity index (χ2n) is 5.18. The normalized spacial score (nSPS) is 10.2. The summed E-state index contributed by atoms with van der Waals surface area (Å²) in [7, 11) is 1.47. The summed E-state index contributed by atoms with van der Waals surface area (Å²) in [4.78, 5) is 23.7. The van der Waals surface area contributed by atoms with Crippen LogP contribution in [0, 0.1) is 6.92 Å². The van der Waals surface area contributed by atoms with Crippen molar-refractivity contribution in [2.45, 2.75) is 13.5 Å². The molecule has 2 rings (SSSR count). The van der Waals surface area contributed by atoms with Crippen molar-refractivity contribution in [1.82, 2.24) is 5.32 Å². The van der Waals surface area contributed by atoms with Crippen LogP contribution in [0.1, 0.15) is 21.5 Å². The third-order valence-corrected chi connectivity index (χ3v) is 3.33. The van der Waals surface area contributed by atoms with Gasteiger partial charge in [0, 0.05) is 24.9 Å². The van der Waals surface area contributed by atoms with Crippen LogP contribution in [-0.4, -0.2) is 25.5 Å². The largest absolute Gasteiger partial charge is 0.375 e. The van der Waals surface area contributed by atoms with Gasteiger partial charge in [-0.2, -0.15) is 0 Å². The molecule has 0 saturated heterocycles. The number of carbonyl (C=O) groups is 2. The minimum absolute atomic E-state index is 0.00818. The quantitative estimate of drug-likeness (QED) is 0.861. The predicted octanol–water partition coefficient (Wildman–Crippen LogP) is 2.51. The van der Waals surface area contributed by atoms with E-state index in [4.69, 9.17) is 4.74 Å². The molecular formula is C18H20N2O3. The second-order valence-corrected chi connectivity index (χ2v) is 5.18. The first-order valence-corrected chi connectivity index (χ1v) is 7.31. The van der Waals surface area contributed by atoms with E-state index in [1.54, 1.807) is 12.1 Å². The molecule has 0 aliphatic carbocycles. The van der Waals surface area contributed by atoms with Gasteiger partial charge in [-0.15, -0.1) is 0 Å². The van der Waals surface area contributed by atoms with Gasteiger partial charge in [0.25, 0.3) is 5.91 Å². The Hall–Kier alpha value is -2.66. The molecule has 0 radical (unpaired) electrons. The molecule has 0 unspecified atom stereocenters. The molecule has 0 aliphatic heterocycles. The highest BCUT2D eigenvalue weighted by atomic mass is 16.5. The number of rotatable bonds is 6. The maximum atomic E-state index is 12.2. The van der Waals surface area contributed by atoms with Gasteiger partial charge in [0.15, 0.2) is 0 Å². The molecule has 0 aromatic heterocycles. The van der Waals surface area contributed by atoms with Gasteiger partial charge in [-0.05, 0) is 36.2 Å². The fourth-order valence-corrected chi connectivity index (χ4v) is 2.19. The summed E-state index contributed by atoms with van der Waals surface area (Å²) in [6.45, 7) is 2.30. The van der Waals surface area contributed by atoms with Crippen LogP contribution in [0.4, 0.5) is 5.69 Å². The van der Waals surface area contributed by atoms with Crippen molar-refractivity contribution in [1.29, 1.82) is 0 Å². The number of anilines is 1. The average molecular weight is 312 g/mol. The lowest BCUT2D eigenvalue weighted by Crippen LogP contribution is -2.23. The maximum Gasteiger partial charge on any atom is 0.251 e. The van der Waals surface area contributed by atoms with E-state index in [1.807, 2.05) is 43.3 Å². The summed E-state index contributed by atoms with van der Waals surface area (Å²) < 4.78 is 4.78. The number of hydrogen-bond acceptors (Lipinski definition) is 3. The number of nitrogens with one attached hydrogen (secondary N) is 2. The summed E-state index contributed by atoms with van der Waals surface area (Å²) in [5.41, 5.74) is 3.18. The Morgan fingerprint density at radius 2 is 1.87 bits per heavy atom. The minimum atomic E-state index is -0.214. The number of amides is 2. The molecule has 5 heteroatoms. The van der Waals surface area contributed by atoms with E-state index in [0.29, 0.717) is 17.8 Å². The van der Waals surface area contributed by atoms with Crippen LogP contribution >= 0.6 is 0 Å². The van der Waals surface area contributed by atoms with E-state index in [0.717, 1.165) is 11.1 Å². The first-order valence-electron chi connectivity index (χ1n) is 7.31. The Morgan fingerprint density at radius 1 is 1.09 bits per heavy atom. The predicted molar refractivity (Wildman–Crippen MR) is 89.3 cm³/mol. The monoisotopic (exact) mass is 312 g/mol. The molecule has 2 aromatic carbocycles. The molecule has 23 heavy (non-hydrogen) atoms. The Kier molecular flexibility index (Phi) is 5.88. The first kappa shape index (κ1) is 16.7. The molecule has 0 atom stereocenters. The van der Waals surface area contributed by atoms with Gasteiger partial charge >= 0.3 is 0 Å². The van der Waals surface area contributed by atoms with Gasteiger partial charge in [0.1, 0.15) is 6.61 Å². The van der Waals surface area contributed by atoms with Gasteiger partial charge in [0.2, 0.25) is 5.91 Å². The number of ether oxygens (including phenoxy) is 1. The summed E-state index contributed by atoms with van der Waals surface area (Å²) in [5, 5.41) is 5.62. The highest BCUT2D eigenvalue weighted by Crippen LogP contribution is 2.11. The van der Waals surface area contributed by atoms with E-state index >= 15 is 0 Å². The molecule has 2 aromatic rings. The highest BCUT2D eigenvalue weighted by molar-refractivity contribution is 5.95. The van der Waals surface area contributed by atoms with Gasteiger partial charge in [-0.1, -0.05) is 30.3 Å². The molecule has 0 spiro atoms. The number of carbonyl (C=O) groups excluding carboxylic acids is 2. The summed E-state index contributed by atoms with van der Waals surface area (Å²) >= 11 is 0. The van der Waals surface area contributed by atoms with E-state index in [2.05, 4.69) is 10.6 Å². The fraction of sp³-hybridized carbons (Fsp3) is 0.222. The first-order chi connectivity index (χ1) is 11.1. The van der Waals surface area contributed by atoms with Crippen molar-refractivity contribution in [3.63, 3.8) is 0 Å². The van der Waals surface area contributed by atoms with Crippen LogP contribution in [0.15, 0.2) is 48.5 Å². The molecule has 5 nitrogen and oxygen atoms in total. The Morgan fingerprint density at radius 3 is 2.61 bits per heavy atom. The van der Waals surface area contributed by atoms with Crippen LogP contribution in [0.25, 0.3) is 0 Å². The van der Waals surface area contributed by atoms with Crippen molar-refractivity contribution < 1.29 is 14.3 Å². The molecule has 0 heterocycles. The van der Waals surface area contributed by atoms with Crippen molar-refractivity contribution in [2.75, 3.05) is 19.0 Å². The second kappa shape index (κ2) is 8.10. The third-order valence-electron chi connectivity index (χ3n) is 3.33. The van der Waals surface area contributed by atoms with E-state index in [1.165, 1.54) is 7.11 Å². The zero-order chi connectivity index (χ0) is 16.7. The molecule has 0 bridgehead atoms. The topological polar surface area (TPSA) is 67.4 Å². The number of benzene rings is 2. The zero-order valence-electron chi connectivity index (χ0n) is 13.3. The third kappa shape index (κ3) is 4.93. The average Bonchev–Trinajstić information content (AvgIpc) is 2.53. The van der Waals surface area contributed by atoms with Crippen molar-refractivity contribution in [3.05, 3.63) is 65.2 Å². The molecular weight excluding hydrogens is 292 g/mol. The summed E-state index contributed by atoms with van der Waals surface area (Å²) in [6.07, 6.45) is 0. The standard InChI is InChI=1S/C18H20N2O3/c1-13-6-3-4-9-16(13)18(22)19-11-14-7-5-8-15(10-14)20-17(21)12-23-2/h3-10H,11-12H2,1-2H3,(H,19,22)(H,20,21). The van der Waals surface area contributed by atoms with Crippen LogP contribution in [0.2, 0.25) is 0 Å². The number of hydrogen-bond donors (Lipinski definition) is 2. The molecule has 0 fully saturated rings. The molecule has 0 aliphatic rings. The van der Waals surface area contributed by atoms with Gasteiger partial charge in [0.05, 0.1) is 0 Å². The lowest BCUT2D eigenvalue weighted by atomic mass is 10.1. The smallest absolute Gasteiger partial charge is 0.251 e. The van der Waals surface area contributed by atoms with E-state index in [-0.39, 0.29) is 18.4 Å². The van der Waals surface area contributed by atoms with Crippen molar-refractivity contribution in [3.8, 4) is 0 Å². The Bertz CT molecular complexity index is 698. The van der Waals surface area contributed by atoms with Crippen LogP contribution < -0.4 is 10.6 Å². The zero-order valence-corrected chi connectivity index (χ0v) is 13.3. The maximum absolute atomic E-state index is 12.2. The summed E-state index contributed by atoms with van der Waals surface area (Å²) in [6, 6.07) is 14.8. The Balaban J connectivity index is 1.97. The summed E-state index contributed by atoms with van der Waals surface area (Å²) in [5.74, 6) is -0.328. The molecule has 0 saturated carbocycles. The van der Waals surface area contributed by atoms with Gasteiger partial charge in [-0.3, -0.25) is 9.59 Å². The Labute approximate surface area is 135 Å². The van der Waals surface area contributed by atoms with Gasteiger partial charge < -0.3 is 15.4 Å². The lowest BCUT2D eigenvalue weighted by molar-refractivity contribution is -0.119. The van der Waals surface area contributed by atoms with Crippen molar-refractivity contribution >= 4 is 17.5 Å². The van der Waals surface area contributed by atoms with E-state index < -0.39 is 0 Å². The lowest BCUT2D eigenvalue weighted by Gasteiger charge is -2.09. The number of methoxy groups -OCH3 is 1. The van der Waals surface area contributed by atoms with Crippen LogP contribution in [0.5, 0.6) is 0 Å². The van der Waals surface area contributed by atoms with Gasteiger partial charge in [-0.25, -0.2) is 0 Å². The molecule has 2 N–H and O–H groups in total. The SMILES string of the molecule is COCC(=O)Nc1cccc(CNC(=O)c2ccccc2C)c1. The van der Waals surface area contributed by atoms with Crippen LogP contribution in [0.3, 0.4) is 0 Å². The highest BCUT2D eigenvalue weighted by Gasteiger charge is 2.08. The fourth-order valence-electron chi connectivity index (χ4n) is 2.19.